The van der Waals surface area contributed by atoms with Crippen molar-refractivity contribution in [3.63, 3.8) is 0 Å². The zero-order chi connectivity index (χ0) is 19.8. The predicted octanol–water partition coefficient (Wildman–Crippen LogP) is 2.68. The Balaban J connectivity index is 1.57. The van der Waals surface area contributed by atoms with E-state index in [9.17, 15) is 0 Å². The standard InChI is InChI=1S/C20H33N7S/c1-4-5-10-27-11-8-17(9-12-27)23-20(21-14-18-7-6-13-28-18)22-15-19-25-24-16(2)26(19)3/h6-7,13,17H,4-5,8-12,14-15H2,1-3H3,(H2,21,22,23). The number of guanidine groups is 1. The van der Waals surface area contributed by atoms with E-state index in [1.807, 2.05) is 18.5 Å². The number of aromatic nitrogens is 3. The molecule has 1 saturated heterocycles. The van der Waals surface area contributed by atoms with Crippen molar-refractivity contribution in [2.75, 3.05) is 19.6 Å². The fourth-order valence-electron chi connectivity index (χ4n) is 3.35. The molecule has 0 unspecified atom stereocenters. The third kappa shape index (κ3) is 6.04. The minimum Gasteiger partial charge on any atom is -0.354 e. The van der Waals surface area contributed by atoms with E-state index in [0.717, 1.165) is 37.0 Å². The summed E-state index contributed by atoms with van der Waals surface area (Å²) >= 11 is 1.76. The Morgan fingerprint density at radius 3 is 2.79 bits per heavy atom. The molecule has 1 aliphatic heterocycles. The van der Waals surface area contributed by atoms with Gasteiger partial charge in [-0.2, -0.15) is 0 Å². The van der Waals surface area contributed by atoms with Gasteiger partial charge in [0.1, 0.15) is 12.4 Å². The quantitative estimate of drug-likeness (QED) is 0.524. The zero-order valence-corrected chi connectivity index (χ0v) is 18.1. The van der Waals surface area contributed by atoms with Gasteiger partial charge in [0.25, 0.3) is 0 Å². The van der Waals surface area contributed by atoms with Crippen LogP contribution in [0, 0.1) is 6.92 Å². The first-order valence-corrected chi connectivity index (χ1v) is 11.2. The van der Waals surface area contributed by atoms with Crippen LogP contribution in [0.25, 0.3) is 0 Å². The van der Waals surface area contributed by atoms with Crippen LogP contribution in [0.1, 0.15) is 49.1 Å². The van der Waals surface area contributed by atoms with Gasteiger partial charge in [0.2, 0.25) is 0 Å². The Kier molecular flexibility index (Phi) is 7.85. The molecule has 0 radical (unpaired) electrons. The molecule has 3 rings (SSSR count). The fourth-order valence-corrected chi connectivity index (χ4v) is 4.00. The molecule has 2 N–H and O–H groups in total. The van der Waals surface area contributed by atoms with Crippen LogP contribution in [0.4, 0.5) is 0 Å². The molecule has 0 atom stereocenters. The van der Waals surface area contributed by atoms with Crippen molar-refractivity contribution in [1.29, 1.82) is 0 Å². The number of rotatable bonds is 8. The molecule has 1 fully saturated rings. The fraction of sp³-hybridized carbons (Fsp3) is 0.650. The number of aryl methyl sites for hydroxylation is 1. The third-order valence-corrected chi connectivity index (χ3v) is 6.20. The number of piperidine rings is 1. The van der Waals surface area contributed by atoms with Gasteiger partial charge in [-0.1, -0.05) is 19.4 Å². The van der Waals surface area contributed by atoms with E-state index in [0.29, 0.717) is 12.6 Å². The highest BCUT2D eigenvalue weighted by Crippen LogP contribution is 2.12. The summed E-state index contributed by atoms with van der Waals surface area (Å²) in [6, 6.07) is 4.70. The van der Waals surface area contributed by atoms with Crippen molar-refractivity contribution >= 4 is 17.3 Å². The number of nitrogens with zero attached hydrogens (tertiary/aromatic N) is 5. The molecule has 2 aromatic heterocycles. The van der Waals surface area contributed by atoms with E-state index >= 15 is 0 Å². The highest BCUT2D eigenvalue weighted by Gasteiger charge is 2.19. The van der Waals surface area contributed by atoms with Gasteiger partial charge in [0, 0.05) is 31.1 Å². The summed E-state index contributed by atoms with van der Waals surface area (Å²) in [5.41, 5.74) is 0. The van der Waals surface area contributed by atoms with Crippen LogP contribution in [0.15, 0.2) is 22.5 Å². The first-order chi connectivity index (χ1) is 13.7. The predicted molar refractivity (Wildman–Crippen MR) is 116 cm³/mol. The largest absolute Gasteiger partial charge is 0.354 e. The van der Waals surface area contributed by atoms with E-state index in [4.69, 9.17) is 4.99 Å². The lowest BCUT2D eigenvalue weighted by Gasteiger charge is -2.33. The Hall–Kier alpha value is -1.93. The molecule has 0 spiro atoms. The molecular formula is C20H33N7S. The molecule has 0 aromatic carbocycles. The lowest BCUT2D eigenvalue weighted by molar-refractivity contribution is 0.203. The second-order valence-corrected chi connectivity index (χ2v) is 8.47. The Morgan fingerprint density at radius 2 is 2.14 bits per heavy atom. The molecular weight excluding hydrogens is 370 g/mol. The molecule has 3 heterocycles. The summed E-state index contributed by atoms with van der Waals surface area (Å²) < 4.78 is 1.99. The van der Waals surface area contributed by atoms with Crippen LogP contribution in [-0.4, -0.2) is 51.3 Å². The maximum Gasteiger partial charge on any atom is 0.192 e. The maximum atomic E-state index is 4.79. The van der Waals surface area contributed by atoms with Crippen LogP contribution in [0.5, 0.6) is 0 Å². The molecule has 8 heteroatoms. The van der Waals surface area contributed by atoms with Crippen LogP contribution in [0.2, 0.25) is 0 Å². The molecule has 7 nitrogen and oxygen atoms in total. The van der Waals surface area contributed by atoms with Crippen LogP contribution < -0.4 is 10.6 Å². The first kappa shape index (κ1) is 20.8. The molecule has 0 amide bonds. The normalized spacial score (nSPS) is 16.5. The van der Waals surface area contributed by atoms with E-state index in [1.54, 1.807) is 11.3 Å². The van der Waals surface area contributed by atoms with Gasteiger partial charge >= 0.3 is 0 Å². The summed E-state index contributed by atoms with van der Waals surface area (Å²) in [7, 11) is 1.98. The van der Waals surface area contributed by atoms with Gasteiger partial charge in [-0.15, -0.1) is 21.5 Å². The van der Waals surface area contributed by atoms with Crippen molar-refractivity contribution in [2.45, 2.75) is 58.7 Å². The van der Waals surface area contributed by atoms with Crippen LogP contribution in [-0.2, 0) is 20.1 Å². The number of hydrogen-bond acceptors (Lipinski definition) is 5. The number of thiophene rings is 1. The Bertz CT molecular complexity index is 730. The highest BCUT2D eigenvalue weighted by atomic mass is 32.1. The number of hydrogen-bond donors (Lipinski definition) is 2. The summed E-state index contributed by atoms with van der Waals surface area (Å²) in [6.45, 7) is 9.09. The highest BCUT2D eigenvalue weighted by molar-refractivity contribution is 7.09. The number of likely N-dealkylation sites (tertiary alicyclic amines) is 1. The Labute approximate surface area is 172 Å². The van der Waals surface area contributed by atoms with Gasteiger partial charge in [0.15, 0.2) is 11.8 Å². The summed E-state index contributed by atoms with van der Waals surface area (Å²) in [6.07, 6.45) is 4.88. The third-order valence-electron chi connectivity index (χ3n) is 5.33. The van der Waals surface area contributed by atoms with Gasteiger partial charge in [0.05, 0.1) is 6.54 Å². The molecule has 154 valence electrons. The summed E-state index contributed by atoms with van der Waals surface area (Å²) in [5, 5.41) is 17.6. The van der Waals surface area contributed by atoms with E-state index in [2.05, 4.69) is 50.2 Å². The zero-order valence-electron chi connectivity index (χ0n) is 17.3. The lowest BCUT2D eigenvalue weighted by Crippen LogP contribution is -2.48. The first-order valence-electron chi connectivity index (χ1n) is 10.3. The monoisotopic (exact) mass is 403 g/mol. The van der Waals surface area contributed by atoms with Crippen molar-refractivity contribution in [3.05, 3.63) is 34.0 Å². The van der Waals surface area contributed by atoms with Crippen molar-refractivity contribution in [1.82, 2.24) is 30.3 Å². The van der Waals surface area contributed by atoms with Gasteiger partial charge in [-0.05, 0) is 44.2 Å². The maximum absolute atomic E-state index is 4.79. The Morgan fingerprint density at radius 1 is 1.32 bits per heavy atom. The molecule has 1 aliphatic rings. The minimum atomic E-state index is 0.466. The van der Waals surface area contributed by atoms with Gasteiger partial charge in [-0.3, -0.25) is 0 Å². The topological polar surface area (TPSA) is 70.4 Å². The average molecular weight is 404 g/mol. The van der Waals surface area contributed by atoms with Gasteiger partial charge < -0.3 is 20.1 Å². The second kappa shape index (κ2) is 10.6. The SMILES string of the molecule is CCCCN1CCC(NC(=NCc2nnc(C)n2C)NCc2cccs2)CC1. The van der Waals surface area contributed by atoms with E-state index < -0.39 is 0 Å². The molecule has 0 aliphatic carbocycles. The summed E-state index contributed by atoms with van der Waals surface area (Å²) in [4.78, 5) is 8.68. The molecule has 28 heavy (non-hydrogen) atoms. The van der Waals surface area contributed by atoms with Crippen molar-refractivity contribution in [2.24, 2.45) is 12.0 Å². The lowest BCUT2D eigenvalue weighted by atomic mass is 10.0. The molecule has 0 bridgehead atoms. The minimum absolute atomic E-state index is 0.466. The average Bonchev–Trinajstić information content (AvgIpc) is 3.34. The van der Waals surface area contributed by atoms with Gasteiger partial charge in [-0.25, -0.2) is 4.99 Å². The number of aliphatic imine (C=N–C) groups is 1. The van der Waals surface area contributed by atoms with E-state index in [1.165, 1.54) is 37.4 Å². The molecule has 0 saturated carbocycles. The second-order valence-electron chi connectivity index (χ2n) is 7.43. The van der Waals surface area contributed by atoms with Crippen LogP contribution in [0.3, 0.4) is 0 Å². The number of nitrogens with one attached hydrogen (secondary N) is 2. The van der Waals surface area contributed by atoms with E-state index in [-0.39, 0.29) is 0 Å². The number of unbranched alkanes of at least 4 members (excludes halogenated alkanes) is 1. The van der Waals surface area contributed by atoms with Crippen LogP contribution >= 0.6 is 11.3 Å². The molecule has 2 aromatic rings. The smallest absolute Gasteiger partial charge is 0.192 e. The van der Waals surface area contributed by atoms with Crippen molar-refractivity contribution in [3.8, 4) is 0 Å². The van der Waals surface area contributed by atoms with Crippen molar-refractivity contribution < 1.29 is 0 Å². The summed E-state index contributed by atoms with van der Waals surface area (Å²) in [5.74, 6) is 2.65.